The van der Waals surface area contributed by atoms with Gasteiger partial charge in [0.15, 0.2) is 0 Å². The Kier molecular flexibility index (Phi) is 4.29. The minimum absolute atomic E-state index is 0.0492. The number of rotatable bonds is 3. The Labute approximate surface area is 136 Å². The number of carbonyl (C=O) groups excluding carboxylic acids is 1. The van der Waals surface area contributed by atoms with Gasteiger partial charge < -0.3 is 14.4 Å². The molecule has 3 atom stereocenters. The maximum atomic E-state index is 12.6. The van der Waals surface area contributed by atoms with Crippen LogP contribution in [0.1, 0.15) is 23.2 Å². The summed E-state index contributed by atoms with van der Waals surface area (Å²) in [6.07, 6.45) is 6.09. The first-order valence-corrected chi connectivity index (χ1v) is 8.48. The number of fused-ring (bicyclic) bond motifs is 1. The highest BCUT2D eigenvalue weighted by Gasteiger charge is 2.42. The maximum absolute atomic E-state index is 12.6. The van der Waals surface area contributed by atoms with Crippen molar-refractivity contribution in [2.75, 3.05) is 39.4 Å². The topological polar surface area (TPSA) is 54.9 Å². The minimum Gasteiger partial charge on any atom is -0.377 e. The number of hydrogen-bond acceptors (Lipinski definition) is 5. The molecule has 4 heterocycles. The van der Waals surface area contributed by atoms with E-state index in [1.807, 2.05) is 11.0 Å². The van der Waals surface area contributed by atoms with Crippen molar-refractivity contribution in [1.82, 2.24) is 14.8 Å². The smallest absolute Gasteiger partial charge is 0.255 e. The molecule has 4 rings (SSSR count). The molecule has 3 aliphatic heterocycles. The van der Waals surface area contributed by atoms with Crippen molar-refractivity contribution in [1.29, 1.82) is 0 Å². The molecule has 23 heavy (non-hydrogen) atoms. The van der Waals surface area contributed by atoms with E-state index in [2.05, 4.69) is 9.88 Å². The molecule has 0 N–H and O–H groups in total. The summed E-state index contributed by atoms with van der Waals surface area (Å²) >= 11 is 0. The fraction of sp³-hybridized carbons (Fsp3) is 0.647. The van der Waals surface area contributed by atoms with Gasteiger partial charge in [0.2, 0.25) is 0 Å². The summed E-state index contributed by atoms with van der Waals surface area (Å²) in [6, 6.07) is 3.91. The summed E-state index contributed by atoms with van der Waals surface area (Å²) in [4.78, 5) is 21.0. The monoisotopic (exact) mass is 317 g/mol. The van der Waals surface area contributed by atoms with E-state index in [1.165, 1.54) is 0 Å². The van der Waals surface area contributed by atoms with E-state index in [0.717, 1.165) is 45.7 Å². The summed E-state index contributed by atoms with van der Waals surface area (Å²) in [7, 11) is 0. The number of aromatic nitrogens is 1. The molecule has 3 saturated heterocycles. The minimum atomic E-state index is 0.0492. The Morgan fingerprint density at radius 2 is 2.26 bits per heavy atom. The lowest BCUT2D eigenvalue weighted by Gasteiger charge is -2.37. The van der Waals surface area contributed by atoms with Crippen LogP contribution in [0.3, 0.4) is 0 Å². The number of nitrogens with zero attached hydrogens (tertiary/aromatic N) is 3. The zero-order valence-corrected chi connectivity index (χ0v) is 13.3. The molecule has 0 saturated carbocycles. The molecular weight excluding hydrogens is 294 g/mol. The standard InChI is InChI=1S/C17H23N3O3/c21-17(13-3-1-5-18-9-13)20-11-15-16(12-20)23-8-6-19(15)10-14-4-2-7-22-14/h1,3,5,9,14-16H,2,4,6-8,10-12H2/t14?,15-,16+/m1/s1. The van der Waals surface area contributed by atoms with Crippen molar-refractivity contribution in [3.63, 3.8) is 0 Å². The molecule has 0 spiro atoms. The van der Waals surface area contributed by atoms with E-state index in [0.29, 0.717) is 18.2 Å². The second-order valence-electron chi connectivity index (χ2n) is 6.56. The van der Waals surface area contributed by atoms with E-state index < -0.39 is 0 Å². The summed E-state index contributed by atoms with van der Waals surface area (Å²) in [5.41, 5.74) is 0.650. The predicted octanol–water partition coefficient (Wildman–Crippen LogP) is 0.786. The second-order valence-corrected chi connectivity index (χ2v) is 6.56. The molecule has 1 amide bonds. The third kappa shape index (κ3) is 3.11. The van der Waals surface area contributed by atoms with Crippen LogP contribution < -0.4 is 0 Å². The molecule has 1 unspecified atom stereocenters. The van der Waals surface area contributed by atoms with Crippen LogP contribution in [0.15, 0.2) is 24.5 Å². The van der Waals surface area contributed by atoms with Crippen LogP contribution >= 0.6 is 0 Å². The van der Waals surface area contributed by atoms with E-state index in [9.17, 15) is 4.79 Å². The van der Waals surface area contributed by atoms with Crippen LogP contribution in [0.25, 0.3) is 0 Å². The van der Waals surface area contributed by atoms with Crippen LogP contribution in [0.4, 0.5) is 0 Å². The zero-order chi connectivity index (χ0) is 15.6. The molecule has 3 aliphatic rings. The molecule has 124 valence electrons. The quantitative estimate of drug-likeness (QED) is 0.825. The lowest BCUT2D eigenvalue weighted by atomic mass is 10.1. The molecule has 6 heteroatoms. The van der Waals surface area contributed by atoms with Crippen LogP contribution in [-0.2, 0) is 9.47 Å². The number of pyridine rings is 1. The van der Waals surface area contributed by atoms with Crippen LogP contribution in [0.5, 0.6) is 0 Å². The highest BCUT2D eigenvalue weighted by atomic mass is 16.5. The van der Waals surface area contributed by atoms with Gasteiger partial charge in [0.25, 0.3) is 5.91 Å². The Morgan fingerprint density at radius 1 is 1.30 bits per heavy atom. The van der Waals surface area contributed by atoms with Gasteiger partial charge in [-0.25, -0.2) is 0 Å². The van der Waals surface area contributed by atoms with E-state index >= 15 is 0 Å². The normalized spacial score (nSPS) is 31.3. The summed E-state index contributed by atoms with van der Waals surface area (Å²) < 4.78 is 11.7. The Balaban J connectivity index is 1.43. The Bertz CT molecular complexity index is 547. The van der Waals surface area contributed by atoms with Gasteiger partial charge in [0.05, 0.1) is 30.4 Å². The van der Waals surface area contributed by atoms with Gasteiger partial charge in [-0.05, 0) is 25.0 Å². The summed E-state index contributed by atoms with van der Waals surface area (Å²) in [6.45, 7) is 4.90. The number of carbonyl (C=O) groups is 1. The fourth-order valence-electron chi connectivity index (χ4n) is 3.87. The van der Waals surface area contributed by atoms with E-state index in [1.54, 1.807) is 18.5 Å². The largest absolute Gasteiger partial charge is 0.377 e. The van der Waals surface area contributed by atoms with Gasteiger partial charge in [-0.3, -0.25) is 14.7 Å². The maximum Gasteiger partial charge on any atom is 0.255 e. The average molecular weight is 317 g/mol. The molecule has 1 aromatic rings. The van der Waals surface area contributed by atoms with Gasteiger partial charge in [0.1, 0.15) is 0 Å². The van der Waals surface area contributed by atoms with Crippen molar-refractivity contribution in [3.8, 4) is 0 Å². The molecule has 1 aromatic heterocycles. The third-order valence-corrected chi connectivity index (χ3v) is 5.07. The van der Waals surface area contributed by atoms with Gasteiger partial charge >= 0.3 is 0 Å². The Morgan fingerprint density at radius 3 is 3.04 bits per heavy atom. The number of morpholine rings is 1. The lowest BCUT2D eigenvalue weighted by Crippen LogP contribution is -2.52. The van der Waals surface area contributed by atoms with Crippen LogP contribution in [-0.4, -0.2) is 78.3 Å². The molecule has 0 aromatic carbocycles. The van der Waals surface area contributed by atoms with Gasteiger partial charge in [-0.2, -0.15) is 0 Å². The molecule has 0 bridgehead atoms. The summed E-state index contributed by atoms with van der Waals surface area (Å²) in [5, 5.41) is 0. The first-order chi connectivity index (χ1) is 11.3. The third-order valence-electron chi connectivity index (χ3n) is 5.07. The first-order valence-electron chi connectivity index (χ1n) is 8.48. The van der Waals surface area contributed by atoms with Crippen molar-refractivity contribution < 1.29 is 14.3 Å². The molecular formula is C17H23N3O3. The molecule has 0 radical (unpaired) electrons. The second kappa shape index (κ2) is 6.55. The molecule has 6 nitrogen and oxygen atoms in total. The first kappa shape index (κ1) is 15.1. The SMILES string of the molecule is O=C(c1cccnc1)N1C[C@@H]2OCCN(CC3CCCO3)[C@@H]2C1. The fourth-order valence-corrected chi connectivity index (χ4v) is 3.87. The number of ether oxygens (including phenoxy) is 2. The van der Waals surface area contributed by atoms with Crippen molar-refractivity contribution in [2.24, 2.45) is 0 Å². The van der Waals surface area contributed by atoms with Gasteiger partial charge in [-0.15, -0.1) is 0 Å². The Hall–Kier alpha value is -1.50. The predicted molar refractivity (Wildman–Crippen MR) is 84.2 cm³/mol. The van der Waals surface area contributed by atoms with Crippen molar-refractivity contribution in [3.05, 3.63) is 30.1 Å². The van der Waals surface area contributed by atoms with Crippen LogP contribution in [0, 0.1) is 0 Å². The van der Waals surface area contributed by atoms with Crippen LogP contribution in [0.2, 0.25) is 0 Å². The van der Waals surface area contributed by atoms with E-state index in [4.69, 9.17) is 9.47 Å². The molecule has 3 fully saturated rings. The highest BCUT2D eigenvalue weighted by molar-refractivity contribution is 5.94. The van der Waals surface area contributed by atoms with E-state index in [-0.39, 0.29) is 18.1 Å². The lowest BCUT2D eigenvalue weighted by molar-refractivity contribution is -0.0614. The van der Waals surface area contributed by atoms with Gasteiger partial charge in [-0.1, -0.05) is 0 Å². The van der Waals surface area contributed by atoms with Crippen molar-refractivity contribution >= 4 is 5.91 Å². The average Bonchev–Trinajstić information content (AvgIpc) is 3.25. The number of amides is 1. The molecule has 0 aliphatic carbocycles. The van der Waals surface area contributed by atoms with Crippen molar-refractivity contribution in [2.45, 2.75) is 31.1 Å². The highest BCUT2D eigenvalue weighted by Crippen LogP contribution is 2.26. The number of hydrogen-bond donors (Lipinski definition) is 0. The summed E-state index contributed by atoms with van der Waals surface area (Å²) in [5.74, 6) is 0.0492. The van der Waals surface area contributed by atoms with Gasteiger partial charge in [0, 0.05) is 45.2 Å². The zero-order valence-electron chi connectivity index (χ0n) is 13.3. The number of likely N-dealkylation sites (tertiary alicyclic amines) is 1.